The van der Waals surface area contributed by atoms with Crippen molar-refractivity contribution in [2.24, 2.45) is 0 Å². The fourth-order valence-electron chi connectivity index (χ4n) is 2.65. The number of hydrogen-bond acceptors (Lipinski definition) is 4. The molecule has 0 spiro atoms. The van der Waals surface area contributed by atoms with Gasteiger partial charge in [-0.05, 0) is 40.8 Å². The fourth-order valence-corrected chi connectivity index (χ4v) is 4.48. The Morgan fingerprint density at radius 2 is 2.13 bits per heavy atom. The topological polar surface area (TPSA) is 75.3 Å². The van der Waals surface area contributed by atoms with Crippen LogP contribution in [0.4, 0.5) is 0 Å². The molecule has 1 aromatic heterocycles. The van der Waals surface area contributed by atoms with Crippen LogP contribution >= 0.6 is 27.3 Å². The van der Waals surface area contributed by atoms with Crippen molar-refractivity contribution in [3.8, 4) is 0 Å². The average molecular weight is 395 g/mol. The van der Waals surface area contributed by atoms with Crippen molar-refractivity contribution >= 4 is 51.1 Å². The molecule has 0 bridgehead atoms. The van der Waals surface area contributed by atoms with Crippen LogP contribution in [-0.2, 0) is 16.0 Å². The summed E-state index contributed by atoms with van der Waals surface area (Å²) in [6.07, 6.45) is 10.2. The number of amides is 3. The number of piperidine rings is 1. The highest BCUT2D eigenvalue weighted by Gasteiger charge is 2.29. The number of imide groups is 1. The molecule has 5 nitrogen and oxygen atoms in total. The van der Waals surface area contributed by atoms with Crippen molar-refractivity contribution in [3.63, 3.8) is 0 Å². The Morgan fingerprint density at radius 1 is 1.30 bits per heavy atom. The van der Waals surface area contributed by atoms with E-state index in [4.69, 9.17) is 0 Å². The third-order valence-corrected chi connectivity index (χ3v) is 5.77. The maximum absolute atomic E-state index is 12.6. The zero-order chi connectivity index (χ0) is 16.4. The minimum atomic E-state index is -0.652. The molecule has 2 heterocycles. The molecule has 1 fully saturated rings. The fraction of sp³-hybridized carbons (Fsp3) is 0.312. The summed E-state index contributed by atoms with van der Waals surface area (Å²) >= 11 is 4.89. The predicted octanol–water partition coefficient (Wildman–Crippen LogP) is 2.56. The van der Waals surface area contributed by atoms with Crippen LogP contribution in [-0.4, -0.2) is 23.8 Å². The van der Waals surface area contributed by atoms with E-state index in [0.717, 1.165) is 27.8 Å². The lowest BCUT2D eigenvalue weighted by Gasteiger charge is -2.21. The SMILES string of the molecule is O=C1CCC(NC(=O)c2sc(Br)c3c2CC/C=C\C=C3)C(=O)N1. The number of thiophene rings is 1. The molecule has 2 N–H and O–H groups in total. The first-order chi connectivity index (χ1) is 11.1. The zero-order valence-corrected chi connectivity index (χ0v) is 14.6. The van der Waals surface area contributed by atoms with E-state index >= 15 is 0 Å². The molecule has 1 aromatic rings. The summed E-state index contributed by atoms with van der Waals surface area (Å²) in [4.78, 5) is 36.2. The predicted molar refractivity (Wildman–Crippen MR) is 92.2 cm³/mol. The van der Waals surface area contributed by atoms with Crippen molar-refractivity contribution in [2.75, 3.05) is 0 Å². The van der Waals surface area contributed by atoms with Gasteiger partial charge in [0.15, 0.2) is 0 Å². The molecule has 0 aromatic carbocycles. The molecule has 7 heteroatoms. The van der Waals surface area contributed by atoms with Crippen molar-refractivity contribution in [1.82, 2.24) is 10.6 Å². The van der Waals surface area contributed by atoms with Gasteiger partial charge in [-0.2, -0.15) is 0 Å². The number of hydrogen-bond donors (Lipinski definition) is 2. The van der Waals surface area contributed by atoms with Gasteiger partial charge in [0.25, 0.3) is 5.91 Å². The molecule has 1 aliphatic carbocycles. The first-order valence-corrected chi connectivity index (χ1v) is 8.96. The van der Waals surface area contributed by atoms with E-state index in [1.165, 1.54) is 11.3 Å². The van der Waals surface area contributed by atoms with Crippen molar-refractivity contribution in [3.05, 3.63) is 38.0 Å². The van der Waals surface area contributed by atoms with Crippen molar-refractivity contribution in [2.45, 2.75) is 31.7 Å². The van der Waals surface area contributed by atoms with Gasteiger partial charge in [0.05, 0.1) is 8.66 Å². The van der Waals surface area contributed by atoms with Gasteiger partial charge < -0.3 is 5.32 Å². The number of carbonyl (C=O) groups excluding carboxylic acids is 3. The monoisotopic (exact) mass is 394 g/mol. The molecule has 0 radical (unpaired) electrons. The Kier molecular flexibility index (Phi) is 4.77. The molecule has 3 rings (SSSR count). The van der Waals surface area contributed by atoms with Crippen LogP contribution in [0.25, 0.3) is 6.08 Å². The summed E-state index contributed by atoms with van der Waals surface area (Å²) in [5.41, 5.74) is 2.01. The molecular weight excluding hydrogens is 380 g/mol. The Labute approximate surface area is 146 Å². The lowest BCUT2D eigenvalue weighted by molar-refractivity contribution is -0.134. The van der Waals surface area contributed by atoms with Crippen molar-refractivity contribution in [1.29, 1.82) is 0 Å². The summed E-state index contributed by atoms with van der Waals surface area (Å²) in [5.74, 6) is -0.984. The lowest BCUT2D eigenvalue weighted by atomic mass is 10.0. The molecule has 2 aliphatic rings. The molecule has 120 valence electrons. The van der Waals surface area contributed by atoms with Gasteiger partial charge in [-0.15, -0.1) is 11.3 Å². The molecule has 0 saturated carbocycles. The average Bonchev–Trinajstić information content (AvgIpc) is 2.77. The number of nitrogens with one attached hydrogen (secondary N) is 2. The molecule has 1 aliphatic heterocycles. The number of fused-ring (bicyclic) bond motifs is 1. The second-order valence-electron chi connectivity index (χ2n) is 5.40. The molecule has 1 atom stereocenters. The molecule has 1 unspecified atom stereocenters. The maximum Gasteiger partial charge on any atom is 0.262 e. The van der Waals surface area contributed by atoms with Crippen LogP contribution in [0.3, 0.4) is 0 Å². The van der Waals surface area contributed by atoms with Crippen LogP contribution in [0, 0.1) is 0 Å². The van der Waals surface area contributed by atoms with Crippen LogP contribution in [0.5, 0.6) is 0 Å². The van der Waals surface area contributed by atoms with Crippen molar-refractivity contribution < 1.29 is 14.4 Å². The summed E-state index contributed by atoms with van der Waals surface area (Å²) in [7, 11) is 0. The van der Waals surface area contributed by atoms with Crippen LogP contribution in [0.2, 0.25) is 0 Å². The molecule has 3 amide bonds. The van der Waals surface area contributed by atoms with Gasteiger partial charge in [0.1, 0.15) is 6.04 Å². The van der Waals surface area contributed by atoms with E-state index in [0.29, 0.717) is 11.3 Å². The standard InChI is InChI=1S/C16H15BrN2O3S/c17-14-10-6-4-2-1-3-5-9(10)13(23-14)16(22)18-11-7-8-12(20)19-15(11)21/h1-2,4,6,11H,3,5,7-8H2,(H,18,22)(H,19,20,21)/b2-1-,6-4?. The second-order valence-corrected chi connectivity index (χ2v) is 7.74. The summed E-state index contributed by atoms with van der Waals surface area (Å²) in [5, 5.41) is 5.00. The summed E-state index contributed by atoms with van der Waals surface area (Å²) in [6, 6.07) is -0.652. The third-order valence-electron chi connectivity index (χ3n) is 3.82. The summed E-state index contributed by atoms with van der Waals surface area (Å²) in [6.45, 7) is 0. The summed E-state index contributed by atoms with van der Waals surface area (Å²) < 4.78 is 0.910. The van der Waals surface area contributed by atoms with Gasteiger partial charge in [-0.25, -0.2) is 0 Å². The number of rotatable bonds is 2. The minimum Gasteiger partial charge on any atom is -0.340 e. The third kappa shape index (κ3) is 3.45. The van der Waals surface area contributed by atoms with E-state index in [-0.39, 0.29) is 18.2 Å². The van der Waals surface area contributed by atoms with E-state index in [2.05, 4.69) is 32.6 Å². The molecule has 1 saturated heterocycles. The number of halogens is 1. The van der Waals surface area contributed by atoms with Crippen LogP contribution in [0.15, 0.2) is 22.0 Å². The number of carbonyl (C=O) groups is 3. The highest BCUT2D eigenvalue weighted by atomic mass is 79.9. The highest BCUT2D eigenvalue weighted by molar-refractivity contribution is 9.11. The first kappa shape index (κ1) is 16.1. The van der Waals surface area contributed by atoms with Crippen LogP contribution < -0.4 is 10.6 Å². The maximum atomic E-state index is 12.6. The zero-order valence-electron chi connectivity index (χ0n) is 12.2. The highest BCUT2D eigenvalue weighted by Crippen LogP contribution is 2.36. The Hall–Kier alpha value is -1.73. The van der Waals surface area contributed by atoms with E-state index in [9.17, 15) is 14.4 Å². The Morgan fingerprint density at radius 3 is 2.91 bits per heavy atom. The smallest absolute Gasteiger partial charge is 0.262 e. The quantitative estimate of drug-likeness (QED) is 0.756. The van der Waals surface area contributed by atoms with Gasteiger partial charge in [-0.1, -0.05) is 24.3 Å². The van der Waals surface area contributed by atoms with Gasteiger partial charge >= 0.3 is 0 Å². The van der Waals surface area contributed by atoms with E-state index in [1.807, 2.05) is 18.2 Å². The van der Waals surface area contributed by atoms with Gasteiger partial charge in [0.2, 0.25) is 11.8 Å². The largest absolute Gasteiger partial charge is 0.340 e. The Balaban J connectivity index is 1.82. The first-order valence-electron chi connectivity index (χ1n) is 7.35. The van der Waals surface area contributed by atoms with Gasteiger partial charge in [-0.3, -0.25) is 19.7 Å². The van der Waals surface area contributed by atoms with E-state index < -0.39 is 11.9 Å². The van der Waals surface area contributed by atoms with Crippen LogP contribution in [0.1, 0.15) is 40.1 Å². The normalized spacial score (nSPS) is 21.9. The van der Waals surface area contributed by atoms with E-state index in [1.54, 1.807) is 0 Å². The second kappa shape index (κ2) is 6.80. The molecule has 23 heavy (non-hydrogen) atoms. The number of allylic oxidation sites excluding steroid dienone is 3. The lowest BCUT2D eigenvalue weighted by Crippen LogP contribution is -2.52. The molecular formula is C16H15BrN2O3S. The Bertz CT molecular complexity index is 736. The minimum absolute atomic E-state index is 0.246. The van der Waals surface area contributed by atoms with Gasteiger partial charge in [0, 0.05) is 12.0 Å².